The summed E-state index contributed by atoms with van der Waals surface area (Å²) in [5.41, 5.74) is 0. The SMILES string of the molecule is O=C(CNC(=O)C1CCOC1)NC1CC1. The fourth-order valence-corrected chi connectivity index (χ4v) is 1.56. The highest BCUT2D eigenvalue weighted by molar-refractivity contribution is 5.86. The van der Waals surface area contributed by atoms with Crippen LogP contribution < -0.4 is 10.6 Å². The smallest absolute Gasteiger partial charge is 0.239 e. The molecule has 1 aliphatic carbocycles. The quantitative estimate of drug-likeness (QED) is 0.655. The van der Waals surface area contributed by atoms with Crippen molar-refractivity contribution in [3.63, 3.8) is 0 Å². The zero-order chi connectivity index (χ0) is 10.7. The Morgan fingerprint density at radius 3 is 2.67 bits per heavy atom. The molecule has 2 N–H and O–H groups in total. The van der Waals surface area contributed by atoms with Crippen LogP contribution in [0.15, 0.2) is 0 Å². The van der Waals surface area contributed by atoms with E-state index in [-0.39, 0.29) is 24.3 Å². The van der Waals surface area contributed by atoms with E-state index in [1.165, 1.54) is 0 Å². The second kappa shape index (κ2) is 4.61. The standard InChI is InChI=1S/C10H16N2O3/c13-9(12-8-1-2-8)5-11-10(14)7-3-4-15-6-7/h7-8H,1-6H2,(H,11,14)(H,12,13). The van der Waals surface area contributed by atoms with Gasteiger partial charge in [0, 0.05) is 12.6 Å². The van der Waals surface area contributed by atoms with E-state index in [4.69, 9.17) is 4.74 Å². The summed E-state index contributed by atoms with van der Waals surface area (Å²) in [5, 5.41) is 5.44. The molecular weight excluding hydrogens is 196 g/mol. The Labute approximate surface area is 88.5 Å². The molecule has 15 heavy (non-hydrogen) atoms. The van der Waals surface area contributed by atoms with Gasteiger partial charge in [0.1, 0.15) is 0 Å². The fourth-order valence-electron chi connectivity index (χ4n) is 1.56. The van der Waals surface area contributed by atoms with Gasteiger partial charge in [-0.2, -0.15) is 0 Å². The van der Waals surface area contributed by atoms with Crippen molar-refractivity contribution in [1.82, 2.24) is 10.6 Å². The third-order valence-electron chi connectivity index (χ3n) is 2.67. The van der Waals surface area contributed by atoms with Gasteiger partial charge < -0.3 is 15.4 Å². The number of carbonyl (C=O) groups excluding carboxylic acids is 2. The molecule has 1 aliphatic heterocycles. The van der Waals surface area contributed by atoms with Crippen molar-refractivity contribution in [3.8, 4) is 0 Å². The summed E-state index contributed by atoms with van der Waals surface area (Å²) < 4.78 is 5.10. The van der Waals surface area contributed by atoms with E-state index in [1.807, 2.05) is 0 Å². The Hall–Kier alpha value is -1.10. The maximum Gasteiger partial charge on any atom is 0.239 e. The van der Waals surface area contributed by atoms with Gasteiger partial charge in [-0.1, -0.05) is 0 Å². The van der Waals surface area contributed by atoms with Gasteiger partial charge in [-0.25, -0.2) is 0 Å². The van der Waals surface area contributed by atoms with Crippen molar-refractivity contribution in [2.24, 2.45) is 5.92 Å². The molecule has 0 radical (unpaired) electrons. The Morgan fingerprint density at radius 1 is 1.27 bits per heavy atom. The third-order valence-corrected chi connectivity index (χ3v) is 2.67. The summed E-state index contributed by atoms with van der Waals surface area (Å²) in [7, 11) is 0. The van der Waals surface area contributed by atoms with Gasteiger partial charge in [0.2, 0.25) is 11.8 Å². The molecule has 0 spiro atoms. The Bertz CT molecular complexity index is 257. The van der Waals surface area contributed by atoms with E-state index in [0.717, 1.165) is 19.3 Å². The van der Waals surface area contributed by atoms with Gasteiger partial charge in [0.25, 0.3) is 0 Å². The molecule has 1 saturated carbocycles. The van der Waals surface area contributed by atoms with E-state index >= 15 is 0 Å². The van der Waals surface area contributed by atoms with Crippen LogP contribution in [-0.2, 0) is 14.3 Å². The second-order valence-corrected chi connectivity index (χ2v) is 4.12. The molecule has 2 fully saturated rings. The lowest BCUT2D eigenvalue weighted by Gasteiger charge is -2.09. The average molecular weight is 212 g/mol. The fraction of sp³-hybridized carbons (Fsp3) is 0.800. The molecular formula is C10H16N2O3. The van der Waals surface area contributed by atoms with Crippen LogP contribution in [0.25, 0.3) is 0 Å². The summed E-state index contributed by atoms with van der Waals surface area (Å²) in [4.78, 5) is 22.7. The Kier molecular flexibility index (Phi) is 3.20. The first-order valence-electron chi connectivity index (χ1n) is 5.40. The number of hydrogen-bond acceptors (Lipinski definition) is 3. The number of carbonyl (C=O) groups is 2. The lowest BCUT2D eigenvalue weighted by Crippen LogP contribution is -2.40. The van der Waals surface area contributed by atoms with Gasteiger partial charge in [-0.15, -0.1) is 0 Å². The van der Waals surface area contributed by atoms with Crippen molar-refractivity contribution < 1.29 is 14.3 Å². The molecule has 0 aromatic heterocycles. The van der Waals surface area contributed by atoms with E-state index in [1.54, 1.807) is 0 Å². The average Bonchev–Trinajstić information content (AvgIpc) is 2.86. The minimum absolute atomic E-state index is 0.0706. The predicted molar refractivity (Wildman–Crippen MR) is 53.1 cm³/mol. The first-order valence-corrected chi connectivity index (χ1v) is 5.40. The third kappa shape index (κ3) is 3.20. The van der Waals surface area contributed by atoms with Crippen LogP contribution >= 0.6 is 0 Å². The molecule has 1 atom stereocenters. The molecule has 2 amide bonds. The summed E-state index contributed by atoms with van der Waals surface area (Å²) in [5.74, 6) is -0.234. The molecule has 2 aliphatic rings. The van der Waals surface area contributed by atoms with Crippen LogP contribution in [0.1, 0.15) is 19.3 Å². The van der Waals surface area contributed by atoms with E-state index in [9.17, 15) is 9.59 Å². The van der Waals surface area contributed by atoms with Crippen LogP contribution in [0, 0.1) is 5.92 Å². The molecule has 0 bridgehead atoms. The summed E-state index contributed by atoms with van der Waals surface area (Å²) in [6.45, 7) is 1.22. The topological polar surface area (TPSA) is 67.4 Å². The lowest BCUT2D eigenvalue weighted by atomic mass is 10.1. The van der Waals surface area contributed by atoms with E-state index in [2.05, 4.69) is 10.6 Å². The number of hydrogen-bond donors (Lipinski definition) is 2. The minimum atomic E-state index is -0.0928. The van der Waals surface area contributed by atoms with E-state index < -0.39 is 0 Å². The van der Waals surface area contributed by atoms with Gasteiger partial charge >= 0.3 is 0 Å². The van der Waals surface area contributed by atoms with Crippen LogP contribution in [0.2, 0.25) is 0 Å². The van der Waals surface area contributed by atoms with Crippen molar-refractivity contribution in [2.75, 3.05) is 19.8 Å². The first kappa shape index (κ1) is 10.4. The molecule has 84 valence electrons. The Balaban J connectivity index is 1.62. The molecule has 1 heterocycles. The van der Waals surface area contributed by atoms with Crippen molar-refractivity contribution in [2.45, 2.75) is 25.3 Å². The van der Waals surface area contributed by atoms with Gasteiger partial charge in [0.15, 0.2) is 0 Å². The first-order chi connectivity index (χ1) is 7.25. The van der Waals surface area contributed by atoms with Gasteiger partial charge in [-0.3, -0.25) is 9.59 Å². The van der Waals surface area contributed by atoms with Crippen molar-refractivity contribution in [1.29, 1.82) is 0 Å². The highest BCUT2D eigenvalue weighted by atomic mass is 16.5. The summed E-state index contributed by atoms with van der Waals surface area (Å²) in [6, 6.07) is 0.351. The normalized spacial score (nSPS) is 24.9. The maximum atomic E-state index is 11.5. The molecule has 5 nitrogen and oxygen atoms in total. The molecule has 1 unspecified atom stereocenters. The largest absolute Gasteiger partial charge is 0.381 e. The van der Waals surface area contributed by atoms with Gasteiger partial charge in [0.05, 0.1) is 19.1 Å². The van der Waals surface area contributed by atoms with Crippen molar-refractivity contribution in [3.05, 3.63) is 0 Å². The van der Waals surface area contributed by atoms with Crippen LogP contribution in [0.3, 0.4) is 0 Å². The molecule has 0 aromatic carbocycles. The lowest BCUT2D eigenvalue weighted by molar-refractivity contribution is -0.128. The number of rotatable bonds is 4. The molecule has 0 aromatic rings. The monoisotopic (exact) mass is 212 g/mol. The number of ether oxygens (including phenoxy) is 1. The zero-order valence-corrected chi connectivity index (χ0v) is 8.62. The number of nitrogens with one attached hydrogen (secondary N) is 2. The highest BCUT2D eigenvalue weighted by Crippen LogP contribution is 2.18. The van der Waals surface area contributed by atoms with Crippen LogP contribution in [0.5, 0.6) is 0 Å². The predicted octanol–water partition coefficient (Wildman–Crippen LogP) is -0.582. The zero-order valence-electron chi connectivity index (χ0n) is 8.62. The van der Waals surface area contributed by atoms with E-state index in [0.29, 0.717) is 19.3 Å². The molecule has 2 rings (SSSR count). The van der Waals surface area contributed by atoms with Gasteiger partial charge in [-0.05, 0) is 19.3 Å². The highest BCUT2D eigenvalue weighted by Gasteiger charge is 2.25. The summed E-state index contributed by atoms with van der Waals surface area (Å²) in [6.07, 6.45) is 2.89. The molecule has 5 heteroatoms. The molecule has 1 saturated heterocycles. The summed E-state index contributed by atoms with van der Waals surface area (Å²) >= 11 is 0. The second-order valence-electron chi connectivity index (χ2n) is 4.12. The minimum Gasteiger partial charge on any atom is -0.381 e. The van der Waals surface area contributed by atoms with Crippen molar-refractivity contribution >= 4 is 11.8 Å². The Morgan fingerprint density at radius 2 is 2.07 bits per heavy atom. The number of amides is 2. The maximum absolute atomic E-state index is 11.5. The van der Waals surface area contributed by atoms with Crippen LogP contribution in [0.4, 0.5) is 0 Å². The van der Waals surface area contributed by atoms with Crippen LogP contribution in [-0.4, -0.2) is 37.6 Å².